The zero-order valence-electron chi connectivity index (χ0n) is 23.6. The number of piperidine rings is 1. The third-order valence-corrected chi connectivity index (χ3v) is 8.52. The molecule has 7 nitrogen and oxygen atoms in total. The van der Waals surface area contributed by atoms with Crippen molar-refractivity contribution >= 4 is 28.4 Å². The minimum Gasteiger partial charge on any atom is -0.465 e. The molecule has 2 aliphatic rings. The van der Waals surface area contributed by atoms with Crippen LogP contribution >= 0.6 is 0 Å². The van der Waals surface area contributed by atoms with Crippen LogP contribution in [0.2, 0.25) is 0 Å². The molecule has 0 radical (unpaired) electrons. The van der Waals surface area contributed by atoms with Gasteiger partial charge in [0.05, 0.1) is 18.7 Å². The minimum atomic E-state index is -0.391. The van der Waals surface area contributed by atoms with Gasteiger partial charge in [-0.2, -0.15) is 5.26 Å². The van der Waals surface area contributed by atoms with Gasteiger partial charge in [-0.1, -0.05) is 19.1 Å². The van der Waals surface area contributed by atoms with Crippen LogP contribution in [0.5, 0.6) is 0 Å². The maximum absolute atomic E-state index is 13.1. The fraction of sp³-hybridized carbons (Fsp3) is 0.500. The Morgan fingerprint density at radius 1 is 1.15 bits per heavy atom. The number of aryl methyl sites for hydroxylation is 1. The molecule has 0 aliphatic carbocycles. The van der Waals surface area contributed by atoms with E-state index in [0.717, 1.165) is 75.0 Å². The summed E-state index contributed by atoms with van der Waals surface area (Å²) in [6, 6.07) is 15.1. The first kappa shape index (κ1) is 27.2. The summed E-state index contributed by atoms with van der Waals surface area (Å²) in [5.74, 6) is 0.829. The molecule has 0 spiro atoms. The number of hydrogen-bond acceptors (Lipinski definition) is 6. The van der Waals surface area contributed by atoms with Gasteiger partial charge >= 0.3 is 5.97 Å². The molecule has 0 saturated carbocycles. The Hall–Kier alpha value is -3.34. The van der Waals surface area contributed by atoms with E-state index in [-0.39, 0.29) is 6.04 Å². The smallest absolute Gasteiger partial charge is 0.342 e. The summed E-state index contributed by atoms with van der Waals surface area (Å²) in [4.78, 5) is 21.4. The summed E-state index contributed by atoms with van der Waals surface area (Å²) in [7, 11) is 1.41. The van der Waals surface area contributed by atoms with Crippen LogP contribution < -0.4 is 4.90 Å². The van der Waals surface area contributed by atoms with Crippen LogP contribution in [-0.2, 0) is 15.9 Å². The first-order valence-corrected chi connectivity index (χ1v) is 14.3. The Balaban J connectivity index is 1.51. The average Bonchev–Trinajstić information content (AvgIpc) is 3.35. The fourth-order valence-electron chi connectivity index (χ4n) is 6.49. The minimum absolute atomic E-state index is 0.0765. The Labute approximate surface area is 231 Å². The molecule has 3 aromatic rings. The number of H-pyrrole nitrogens is 1. The molecular weight excluding hydrogens is 488 g/mol. The summed E-state index contributed by atoms with van der Waals surface area (Å²) in [5.41, 5.74) is 5.67. The Bertz CT molecular complexity index is 1360. The Kier molecular flexibility index (Phi) is 8.25. The largest absolute Gasteiger partial charge is 0.465 e. The van der Waals surface area contributed by atoms with E-state index >= 15 is 0 Å². The van der Waals surface area contributed by atoms with Gasteiger partial charge in [0.1, 0.15) is 11.4 Å². The molecule has 206 valence electrons. The molecule has 7 heteroatoms. The number of nitrogens with zero attached hydrogens (tertiary/aromatic N) is 3. The van der Waals surface area contributed by atoms with Crippen LogP contribution in [0.3, 0.4) is 0 Å². The number of ether oxygens (including phenoxy) is 2. The second-order valence-corrected chi connectivity index (χ2v) is 11.1. The number of hydrogen-bond donors (Lipinski definition) is 1. The lowest BCUT2D eigenvalue weighted by Gasteiger charge is -2.40. The predicted octanol–water partition coefficient (Wildman–Crippen LogP) is 6.29. The zero-order chi connectivity index (χ0) is 27.5. The van der Waals surface area contributed by atoms with Crippen molar-refractivity contribution in [2.45, 2.75) is 70.9 Å². The van der Waals surface area contributed by atoms with Crippen LogP contribution in [-0.4, -0.2) is 61.3 Å². The number of methoxy groups -OCH3 is 1. The molecular formula is C32H40N4O3. The van der Waals surface area contributed by atoms with E-state index in [1.54, 1.807) is 12.1 Å². The Morgan fingerprint density at radius 3 is 2.54 bits per heavy atom. The highest BCUT2D eigenvalue weighted by atomic mass is 16.5. The normalized spacial score (nSPS) is 17.4. The number of benzene rings is 2. The summed E-state index contributed by atoms with van der Waals surface area (Å²) >= 11 is 0. The highest BCUT2D eigenvalue weighted by molar-refractivity contribution is 6.10. The molecule has 1 aromatic heterocycles. The van der Waals surface area contributed by atoms with Crippen molar-refractivity contribution in [3.8, 4) is 6.07 Å². The summed E-state index contributed by atoms with van der Waals surface area (Å²) < 4.78 is 10.8. The van der Waals surface area contributed by atoms with Gasteiger partial charge in [-0.05, 0) is 100 Å². The van der Waals surface area contributed by atoms with E-state index in [9.17, 15) is 10.1 Å². The highest BCUT2D eigenvalue weighted by Gasteiger charge is 2.30. The van der Waals surface area contributed by atoms with E-state index in [4.69, 9.17) is 9.47 Å². The number of rotatable bonds is 7. The van der Waals surface area contributed by atoms with E-state index in [2.05, 4.69) is 59.8 Å². The van der Waals surface area contributed by atoms with Gasteiger partial charge in [-0.3, -0.25) is 0 Å². The molecule has 2 aromatic carbocycles. The number of esters is 1. The van der Waals surface area contributed by atoms with Crippen LogP contribution in [0.15, 0.2) is 36.4 Å². The van der Waals surface area contributed by atoms with Gasteiger partial charge in [0.25, 0.3) is 0 Å². The molecule has 2 aliphatic heterocycles. The first-order valence-electron chi connectivity index (χ1n) is 14.3. The number of fused-ring (bicyclic) bond motifs is 1. The molecule has 39 heavy (non-hydrogen) atoms. The number of nitrogens with one attached hydrogen (secondary N) is 1. The van der Waals surface area contributed by atoms with Crippen LogP contribution in [0.4, 0.5) is 11.5 Å². The quantitative estimate of drug-likeness (QED) is 0.363. The van der Waals surface area contributed by atoms with E-state index in [1.807, 2.05) is 6.07 Å². The van der Waals surface area contributed by atoms with Gasteiger partial charge in [-0.25, -0.2) is 4.79 Å². The number of aromatic nitrogens is 1. The van der Waals surface area contributed by atoms with Crippen molar-refractivity contribution in [3.05, 3.63) is 58.7 Å². The van der Waals surface area contributed by atoms with E-state index in [0.29, 0.717) is 28.9 Å². The van der Waals surface area contributed by atoms with Crippen molar-refractivity contribution < 1.29 is 14.3 Å². The number of anilines is 2. The molecule has 2 fully saturated rings. The Morgan fingerprint density at radius 2 is 1.90 bits per heavy atom. The highest BCUT2D eigenvalue weighted by Crippen LogP contribution is 2.39. The summed E-state index contributed by atoms with van der Waals surface area (Å²) in [5, 5.41) is 10.2. The number of aromatic amines is 1. The molecule has 0 unspecified atom stereocenters. The summed E-state index contributed by atoms with van der Waals surface area (Å²) in [6.07, 6.45) is 5.60. The topological polar surface area (TPSA) is 81.6 Å². The third-order valence-electron chi connectivity index (χ3n) is 8.52. The van der Waals surface area contributed by atoms with Gasteiger partial charge in [0, 0.05) is 41.9 Å². The van der Waals surface area contributed by atoms with Crippen LogP contribution in [0.25, 0.3) is 10.9 Å². The monoisotopic (exact) mass is 528 g/mol. The molecule has 5 rings (SSSR count). The lowest BCUT2D eigenvalue weighted by molar-refractivity contribution is 0.0251. The fourth-order valence-corrected chi connectivity index (χ4v) is 6.49. The van der Waals surface area contributed by atoms with Crippen molar-refractivity contribution in [2.75, 3.05) is 38.3 Å². The van der Waals surface area contributed by atoms with E-state index in [1.165, 1.54) is 18.2 Å². The van der Waals surface area contributed by atoms with Crippen molar-refractivity contribution in [1.82, 2.24) is 9.88 Å². The van der Waals surface area contributed by atoms with Crippen LogP contribution in [0.1, 0.15) is 79.4 Å². The zero-order valence-corrected chi connectivity index (χ0v) is 23.6. The number of nitriles is 1. The molecule has 0 bridgehead atoms. The maximum atomic E-state index is 13.1. The molecule has 0 amide bonds. The van der Waals surface area contributed by atoms with Gasteiger partial charge in [-0.15, -0.1) is 0 Å². The molecule has 3 heterocycles. The SMILES string of the molecule is CCc1ccc(N(c2[nH]c3cc(C#N)ccc3c2C(=O)OC)C(C)C)cc1C1CCN(C2CCOCC2)CC1. The summed E-state index contributed by atoms with van der Waals surface area (Å²) in [6.45, 7) is 10.5. The lowest BCUT2D eigenvalue weighted by Crippen LogP contribution is -2.43. The third kappa shape index (κ3) is 5.41. The standard InChI is InChI=1S/C32H40N4O3/c1-5-23-7-8-26(19-28(23)24-10-14-35(15-11-24)25-12-16-39-17-13-25)36(21(2)3)31-30(32(37)38-4)27-9-6-22(20-33)18-29(27)34-31/h6-9,18-19,21,24-25,34H,5,10-17H2,1-4H3. The molecule has 0 atom stereocenters. The number of carbonyl (C=O) groups excluding carboxylic acids is 1. The number of carbonyl (C=O) groups is 1. The van der Waals surface area contributed by atoms with Crippen molar-refractivity contribution in [1.29, 1.82) is 5.26 Å². The second-order valence-electron chi connectivity index (χ2n) is 11.1. The lowest BCUT2D eigenvalue weighted by atomic mass is 9.84. The molecule has 1 N–H and O–H groups in total. The predicted molar refractivity (Wildman–Crippen MR) is 155 cm³/mol. The van der Waals surface area contributed by atoms with E-state index < -0.39 is 5.97 Å². The maximum Gasteiger partial charge on any atom is 0.342 e. The van der Waals surface area contributed by atoms with Gasteiger partial charge in [0.2, 0.25) is 0 Å². The van der Waals surface area contributed by atoms with Crippen molar-refractivity contribution in [3.63, 3.8) is 0 Å². The number of likely N-dealkylation sites (tertiary alicyclic amines) is 1. The second kappa shape index (κ2) is 11.8. The van der Waals surface area contributed by atoms with Crippen LogP contribution in [0, 0.1) is 11.3 Å². The van der Waals surface area contributed by atoms with Gasteiger partial charge in [0.15, 0.2) is 0 Å². The average molecular weight is 529 g/mol. The first-order chi connectivity index (χ1) is 18.9. The van der Waals surface area contributed by atoms with Gasteiger partial charge < -0.3 is 24.3 Å². The van der Waals surface area contributed by atoms with Crippen molar-refractivity contribution in [2.24, 2.45) is 0 Å². The molecule has 2 saturated heterocycles.